The molecule has 1 atom stereocenters. The van der Waals surface area contributed by atoms with Crippen LogP contribution in [0.1, 0.15) is 48.5 Å². The first-order valence-electron chi connectivity index (χ1n) is 14.1. The van der Waals surface area contributed by atoms with E-state index in [2.05, 4.69) is 11.2 Å². The summed E-state index contributed by atoms with van der Waals surface area (Å²) in [5.74, 6) is 4.61. The molecule has 3 aromatic rings. The highest BCUT2D eigenvalue weighted by Crippen LogP contribution is 2.44. The Labute approximate surface area is 253 Å². The van der Waals surface area contributed by atoms with E-state index >= 15 is 0 Å². The van der Waals surface area contributed by atoms with Gasteiger partial charge < -0.3 is 42.7 Å². The Balaban J connectivity index is 1.34. The number of methoxy groups -OCH3 is 6. The Hall–Kier alpha value is -4.47. The maximum absolute atomic E-state index is 6.12. The third kappa shape index (κ3) is 7.49. The largest absolute Gasteiger partial charge is 0.493 e. The number of hydrogen-bond acceptors (Lipinski definition) is 10. The van der Waals surface area contributed by atoms with Gasteiger partial charge in [0.2, 0.25) is 11.5 Å². The molecule has 0 fully saturated rings. The van der Waals surface area contributed by atoms with Gasteiger partial charge >= 0.3 is 0 Å². The molecule has 4 rings (SSSR count). The molecule has 1 unspecified atom stereocenters. The van der Waals surface area contributed by atoms with E-state index < -0.39 is 0 Å². The van der Waals surface area contributed by atoms with Crippen LogP contribution in [0, 0.1) is 13.0 Å². The van der Waals surface area contributed by atoms with Crippen molar-refractivity contribution < 1.29 is 42.7 Å². The molecule has 0 spiro atoms. The number of aryl methyl sites for hydroxylation is 1. The molecule has 0 aromatic heterocycles. The van der Waals surface area contributed by atoms with E-state index in [4.69, 9.17) is 42.7 Å². The molecule has 1 radical (unpaired) electrons. The lowest BCUT2D eigenvalue weighted by Crippen LogP contribution is -2.06. The van der Waals surface area contributed by atoms with Crippen LogP contribution in [0.25, 0.3) is 0 Å². The van der Waals surface area contributed by atoms with Gasteiger partial charge in [-0.15, -0.1) is 0 Å². The highest BCUT2D eigenvalue weighted by Gasteiger charge is 2.28. The fraction of sp³-hybridized carbons (Fsp3) is 0.424. The monoisotopic (exact) mass is 594 g/mol. The Morgan fingerprint density at radius 3 is 1.88 bits per heavy atom. The van der Waals surface area contributed by atoms with E-state index in [1.54, 1.807) is 42.7 Å². The molecular formula is C33H40NO9. The minimum Gasteiger partial charge on any atom is -0.493 e. The van der Waals surface area contributed by atoms with Crippen LogP contribution in [0.15, 0.2) is 41.6 Å². The van der Waals surface area contributed by atoms with Crippen molar-refractivity contribution in [1.82, 2.24) is 0 Å². The zero-order chi connectivity index (χ0) is 30.8. The second kappa shape index (κ2) is 15.1. The summed E-state index contributed by atoms with van der Waals surface area (Å²) in [6.07, 6.45) is 2.83. The summed E-state index contributed by atoms with van der Waals surface area (Å²) >= 11 is 0. The van der Waals surface area contributed by atoms with Gasteiger partial charge in [0.05, 0.1) is 61.6 Å². The highest BCUT2D eigenvalue weighted by atomic mass is 16.6. The van der Waals surface area contributed by atoms with E-state index in [1.165, 1.54) is 0 Å². The van der Waals surface area contributed by atoms with Crippen LogP contribution in [0.4, 0.5) is 0 Å². The molecule has 0 bridgehead atoms. The lowest BCUT2D eigenvalue weighted by molar-refractivity contribution is 0.0852. The lowest BCUT2D eigenvalue weighted by Gasteiger charge is -2.18. The van der Waals surface area contributed by atoms with Crippen LogP contribution in [0.5, 0.6) is 46.0 Å². The Morgan fingerprint density at radius 1 is 0.698 bits per heavy atom. The van der Waals surface area contributed by atoms with Crippen molar-refractivity contribution in [2.24, 2.45) is 5.16 Å². The fourth-order valence-corrected chi connectivity index (χ4v) is 4.77. The molecule has 10 heteroatoms. The van der Waals surface area contributed by atoms with Crippen molar-refractivity contribution in [3.63, 3.8) is 0 Å². The third-order valence-electron chi connectivity index (χ3n) is 7.03. The summed E-state index contributed by atoms with van der Waals surface area (Å²) in [5, 5.41) is 4.35. The molecule has 0 amide bonds. The minimum atomic E-state index is -0.337. The third-order valence-corrected chi connectivity index (χ3v) is 7.03. The number of oxime groups is 1. The van der Waals surface area contributed by atoms with Crippen LogP contribution < -0.4 is 37.9 Å². The molecule has 231 valence electrons. The van der Waals surface area contributed by atoms with Gasteiger partial charge in [-0.1, -0.05) is 5.16 Å². The number of ether oxygens (including phenoxy) is 8. The van der Waals surface area contributed by atoms with Crippen molar-refractivity contribution in [3.8, 4) is 46.0 Å². The Kier molecular flexibility index (Phi) is 11.1. The molecule has 0 saturated carbocycles. The zero-order valence-electron chi connectivity index (χ0n) is 25.9. The van der Waals surface area contributed by atoms with Crippen LogP contribution in [-0.4, -0.2) is 61.6 Å². The molecule has 1 aliphatic rings. The standard InChI is InChI=1S/C33H40NO9/c1-21-11-12-25(35-2)27(15-21)41-13-9-8-10-14-42-33-30(38-5)18-23(19-31(33)39-6)26-20-24(34-43-26)22-16-28(36-3)32(40-7)29(17-22)37-4/h11,15-19,26H,8-10,13-14,20H2,1-7H3. The van der Waals surface area contributed by atoms with Crippen molar-refractivity contribution in [3.05, 3.63) is 59.2 Å². The summed E-state index contributed by atoms with van der Waals surface area (Å²) in [7, 11) is 9.55. The SMILES string of the molecule is COc1[c]cc(C)cc1OCCCCCOc1c(OC)cc(C2CC(c3cc(OC)c(OC)c(OC)c3)=NO2)cc1OC. The number of hydrogen-bond donors (Lipinski definition) is 0. The van der Waals surface area contributed by atoms with E-state index in [0.29, 0.717) is 65.6 Å². The second-order valence-electron chi connectivity index (χ2n) is 9.84. The van der Waals surface area contributed by atoms with E-state index in [9.17, 15) is 0 Å². The van der Waals surface area contributed by atoms with Gasteiger partial charge in [0.25, 0.3) is 0 Å². The van der Waals surface area contributed by atoms with Gasteiger partial charge in [-0.25, -0.2) is 0 Å². The zero-order valence-corrected chi connectivity index (χ0v) is 25.9. The van der Waals surface area contributed by atoms with Crippen LogP contribution in [-0.2, 0) is 4.84 Å². The van der Waals surface area contributed by atoms with Crippen molar-refractivity contribution in [1.29, 1.82) is 0 Å². The van der Waals surface area contributed by atoms with Crippen LogP contribution in [0.3, 0.4) is 0 Å². The second-order valence-corrected chi connectivity index (χ2v) is 9.84. The number of unbranched alkanes of at least 4 members (excludes halogenated alkanes) is 2. The normalized spacial score (nSPS) is 13.9. The van der Waals surface area contributed by atoms with Gasteiger partial charge in [0, 0.05) is 23.6 Å². The van der Waals surface area contributed by atoms with Crippen molar-refractivity contribution >= 4 is 5.71 Å². The summed E-state index contributed by atoms with van der Waals surface area (Å²) in [4.78, 5) is 5.84. The number of rotatable bonds is 16. The quantitative estimate of drug-likeness (QED) is 0.176. The fourth-order valence-electron chi connectivity index (χ4n) is 4.77. The summed E-state index contributed by atoms with van der Waals surface area (Å²) in [6, 6.07) is 14.4. The van der Waals surface area contributed by atoms with Gasteiger partial charge in [-0.2, -0.15) is 0 Å². The first-order chi connectivity index (χ1) is 21.0. The van der Waals surface area contributed by atoms with Crippen LogP contribution >= 0.6 is 0 Å². The average molecular weight is 595 g/mol. The van der Waals surface area contributed by atoms with Gasteiger partial charge in [0.1, 0.15) is 0 Å². The molecule has 3 aromatic carbocycles. The molecule has 43 heavy (non-hydrogen) atoms. The predicted octanol–water partition coefficient (Wildman–Crippen LogP) is 6.34. The summed E-state index contributed by atoms with van der Waals surface area (Å²) in [6.45, 7) is 3.08. The maximum atomic E-state index is 6.12. The van der Waals surface area contributed by atoms with E-state index in [1.807, 2.05) is 43.3 Å². The smallest absolute Gasteiger partial charge is 0.203 e. The molecule has 0 saturated heterocycles. The molecule has 1 heterocycles. The van der Waals surface area contributed by atoms with Crippen molar-refractivity contribution in [2.45, 2.75) is 38.7 Å². The van der Waals surface area contributed by atoms with Gasteiger partial charge in [0.15, 0.2) is 40.6 Å². The first-order valence-corrected chi connectivity index (χ1v) is 14.1. The highest BCUT2D eigenvalue weighted by molar-refractivity contribution is 6.02. The summed E-state index contributed by atoms with van der Waals surface area (Å²) in [5.41, 5.74) is 3.50. The maximum Gasteiger partial charge on any atom is 0.203 e. The lowest BCUT2D eigenvalue weighted by atomic mass is 9.99. The Morgan fingerprint density at radius 2 is 1.30 bits per heavy atom. The summed E-state index contributed by atoms with van der Waals surface area (Å²) < 4.78 is 45.1. The predicted molar refractivity (Wildman–Crippen MR) is 162 cm³/mol. The average Bonchev–Trinajstić information content (AvgIpc) is 3.54. The van der Waals surface area contributed by atoms with E-state index in [0.717, 1.165) is 41.7 Å². The topological polar surface area (TPSA) is 95.4 Å². The molecule has 10 nitrogen and oxygen atoms in total. The molecule has 1 aliphatic heterocycles. The van der Waals surface area contributed by atoms with E-state index in [-0.39, 0.29) is 6.10 Å². The molecule has 0 aliphatic carbocycles. The molecule has 0 N–H and O–H groups in total. The van der Waals surface area contributed by atoms with Crippen LogP contribution in [0.2, 0.25) is 0 Å². The van der Waals surface area contributed by atoms with Crippen molar-refractivity contribution in [2.75, 3.05) is 55.9 Å². The first kappa shape index (κ1) is 31.5. The minimum absolute atomic E-state index is 0.337. The Bertz CT molecular complexity index is 1360. The van der Waals surface area contributed by atoms with Gasteiger partial charge in [-0.3, -0.25) is 0 Å². The number of benzene rings is 3. The molecular weight excluding hydrogens is 554 g/mol. The van der Waals surface area contributed by atoms with Gasteiger partial charge in [-0.05, 0) is 68.1 Å². The number of nitrogens with zero attached hydrogens (tertiary/aromatic N) is 1.